The molecule has 1 N–H and O–H groups in total. The smallest absolute Gasteiger partial charge is 0.235 e. The van der Waals surface area contributed by atoms with E-state index in [1.807, 2.05) is 26.0 Å². The molecule has 0 aliphatic rings. The third-order valence-electron chi connectivity index (χ3n) is 2.71. The maximum atomic E-state index is 11.9. The number of hydrogen-bond acceptors (Lipinski definition) is 3. The molecule has 0 aliphatic heterocycles. The molecular weight excluding hydrogens is 262 g/mol. The molecule has 0 unspecified atom stereocenters. The SMILES string of the molecule is CCCCNC(=O)CS(=O)(=O)Cc1ccc(C)cc1. The van der Waals surface area contributed by atoms with Crippen LogP contribution < -0.4 is 5.32 Å². The van der Waals surface area contributed by atoms with Crippen LogP contribution in [0, 0.1) is 6.92 Å². The molecule has 0 radical (unpaired) electrons. The molecule has 4 nitrogen and oxygen atoms in total. The van der Waals surface area contributed by atoms with Gasteiger partial charge in [0.2, 0.25) is 5.91 Å². The van der Waals surface area contributed by atoms with Crippen LogP contribution in [0.2, 0.25) is 0 Å². The van der Waals surface area contributed by atoms with Crippen molar-refractivity contribution in [2.75, 3.05) is 12.3 Å². The van der Waals surface area contributed by atoms with E-state index in [2.05, 4.69) is 5.32 Å². The molecule has 1 amide bonds. The van der Waals surface area contributed by atoms with Crippen molar-refractivity contribution in [1.29, 1.82) is 0 Å². The number of hydrogen-bond donors (Lipinski definition) is 1. The van der Waals surface area contributed by atoms with E-state index in [1.165, 1.54) is 0 Å². The van der Waals surface area contributed by atoms with E-state index >= 15 is 0 Å². The second kappa shape index (κ2) is 7.28. The Bertz CT molecular complexity index is 506. The first-order valence-electron chi connectivity index (χ1n) is 6.45. The second-order valence-electron chi connectivity index (χ2n) is 4.72. The summed E-state index contributed by atoms with van der Waals surface area (Å²) in [4.78, 5) is 11.5. The van der Waals surface area contributed by atoms with E-state index in [0.29, 0.717) is 12.1 Å². The zero-order valence-electron chi connectivity index (χ0n) is 11.5. The van der Waals surface area contributed by atoms with Crippen LogP contribution in [0.25, 0.3) is 0 Å². The molecule has 0 saturated carbocycles. The van der Waals surface area contributed by atoms with E-state index in [-0.39, 0.29) is 5.75 Å². The summed E-state index contributed by atoms with van der Waals surface area (Å²) < 4.78 is 23.7. The van der Waals surface area contributed by atoms with Gasteiger partial charge >= 0.3 is 0 Å². The number of rotatable bonds is 7. The number of unbranched alkanes of at least 4 members (excludes halogenated alkanes) is 1. The van der Waals surface area contributed by atoms with Gasteiger partial charge in [0.1, 0.15) is 5.75 Å². The lowest BCUT2D eigenvalue weighted by Gasteiger charge is -2.06. The molecule has 1 aromatic rings. The third kappa shape index (κ3) is 6.38. The molecule has 0 heterocycles. The van der Waals surface area contributed by atoms with Crippen LogP contribution in [0.3, 0.4) is 0 Å². The van der Waals surface area contributed by atoms with Crippen molar-refractivity contribution in [1.82, 2.24) is 5.32 Å². The quantitative estimate of drug-likeness (QED) is 0.776. The Morgan fingerprint density at radius 3 is 2.42 bits per heavy atom. The fourth-order valence-electron chi connectivity index (χ4n) is 1.64. The predicted octanol–water partition coefficient (Wildman–Crippen LogP) is 1.83. The van der Waals surface area contributed by atoms with E-state index in [4.69, 9.17) is 0 Å². The summed E-state index contributed by atoms with van der Waals surface area (Å²) in [6.45, 7) is 4.50. The van der Waals surface area contributed by atoms with Crippen LogP contribution in [-0.2, 0) is 20.4 Å². The number of benzene rings is 1. The summed E-state index contributed by atoms with van der Waals surface area (Å²) in [6.07, 6.45) is 1.83. The molecular formula is C14H21NO3S. The third-order valence-corrected chi connectivity index (χ3v) is 4.19. The minimum Gasteiger partial charge on any atom is -0.355 e. The predicted molar refractivity (Wildman–Crippen MR) is 76.6 cm³/mol. The molecule has 1 rings (SSSR count). The maximum Gasteiger partial charge on any atom is 0.235 e. The number of amides is 1. The van der Waals surface area contributed by atoms with Crippen molar-refractivity contribution < 1.29 is 13.2 Å². The average molecular weight is 283 g/mol. The summed E-state index contributed by atoms with van der Waals surface area (Å²) >= 11 is 0. The zero-order chi connectivity index (χ0) is 14.3. The molecule has 5 heteroatoms. The van der Waals surface area contributed by atoms with Crippen LogP contribution in [0.5, 0.6) is 0 Å². The van der Waals surface area contributed by atoms with Gasteiger partial charge < -0.3 is 5.32 Å². The van der Waals surface area contributed by atoms with Gasteiger partial charge in [0, 0.05) is 6.54 Å². The molecule has 1 aromatic carbocycles. The monoisotopic (exact) mass is 283 g/mol. The average Bonchev–Trinajstić information content (AvgIpc) is 2.31. The highest BCUT2D eigenvalue weighted by Gasteiger charge is 2.16. The Labute approximate surface area is 115 Å². The van der Waals surface area contributed by atoms with Crippen LogP contribution in [-0.4, -0.2) is 26.6 Å². The summed E-state index contributed by atoms with van der Waals surface area (Å²) in [5, 5.41) is 2.62. The van der Waals surface area contributed by atoms with Gasteiger partial charge in [0.25, 0.3) is 0 Å². The number of sulfone groups is 1. The second-order valence-corrected chi connectivity index (χ2v) is 6.79. The lowest BCUT2D eigenvalue weighted by Crippen LogP contribution is -2.31. The zero-order valence-corrected chi connectivity index (χ0v) is 12.3. The molecule has 106 valence electrons. The first-order valence-corrected chi connectivity index (χ1v) is 8.28. The van der Waals surface area contributed by atoms with Crippen LogP contribution in [0.15, 0.2) is 24.3 Å². The van der Waals surface area contributed by atoms with E-state index in [0.717, 1.165) is 18.4 Å². The van der Waals surface area contributed by atoms with Crippen molar-refractivity contribution in [2.45, 2.75) is 32.4 Å². The summed E-state index contributed by atoms with van der Waals surface area (Å²) in [7, 11) is -3.40. The van der Waals surface area contributed by atoms with Crippen molar-refractivity contribution in [3.63, 3.8) is 0 Å². The van der Waals surface area contributed by atoms with Gasteiger partial charge in [-0.1, -0.05) is 43.2 Å². The molecule has 0 spiro atoms. The Morgan fingerprint density at radius 2 is 1.84 bits per heavy atom. The van der Waals surface area contributed by atoms with Crippen molar-refractivity contribution >= 4 is 15.7 Å². The van der Waals surface area contributed by atoms with Crippen LogP contribution in [0.4, 0.5) is 0 Å². The summed E-state index contributed by atoms with van der Waals surface area (Å²) in [5.74, 6) is -0.945. The number of carbonyl (C=O) groups is 1. The molecule has 0 bridgehead atoms. The van der Waals surface area contributed by atoms with Crippen molar-refractivity contribution in [3.8, 4) is 0 Å². The largest absolute Gasteiger partial charge is 0.355 e. The Hall–Kier alpha value is -1.36. The van der Waals surface area contributed by atoms with Gasteiger partial charge in [-0.25, -0.2) is 8.42 Å². The Kier molecular flexibility index (Phi) is 6.02. The normalized spacial score (nSPS) is 11.3. The van der Waals surface area contributed by atoms with Gasteiger partial charge in [-0.05, 0) is 18.9 Å². The minimum atomic E-state index is -3.40. The highest BCUT2D eigenvalue weighted by Crippen LogP contribution is 2.08. The number of nitrogens with one attached hydrogen (secondary N) is 1. The standard InChI is InChI=1S/C14H21NO3S/c1-3-4-9-15-14(16)11-19(17,18)10-13-7-5-12(2)6-8-13/h5-8H,3-4,9-11H2,1-2H3,(H,15,16). The number of aryl methyl sites for hydroxylation is 1. The lowest BCUT2D eigenvalue weighted by atomic mass is 10.2. The molecule has 19 heavy (non-hydrogen) atoms. The van der Waals surface area contributed by atoms with Gasteiger partial charge in [-0.2, -0.15) is 0 Å². The molecule has 0 aromatic heterocycles. The lowest BCUT2D eigenvalue weighted by molar-refractivity contribution is -0.118. The minimum absolute atomic E-state index is 0.0888. The van der Waals surface area contributed by atoms with Gasteiger partial charge in [-0.15, -0.1) is 0 Å². The number of carbonyl (C=O) groups excluding carboxylic acids is 1. The van der Waals surface area contributed by atoms with Gasteiger partial charge in [-0.3, -0.25) is 4.79 Å². The maximum absolute atomic E-state index is 11.9. The van der Waals surface area contributed by atoms with E-state index < -0.39 is 21.5 Å². The van der Waals surface area contributed by atoms with E-state index in [9.17, 15) is 13.2 Å². The van der Waals surface area contributed by atoms with Crippen molar-refractivity contribution in [2.24, 2.45) is 0 Å². The van der Waals surface area contributed by atoms with E-state index in [1.54, 1.807) is 12.1 Å². The van der Waals surface area contributed by atoms with Gasteiger partial charge in [0.15, 0.2) is 9.84 Å². The highest BCUT2D eigenvalue weighted by molar-refractivity contribution is 7.91. The molecule has 0 atom stereocenters. The molecule has 0 aliphatic carbocycles. The highest BCUT2D eigenvalue weighted by atomic mass is 32.2. The topological polar surface area (TPSA) is 63.2 Å². The van der Waals surface area contributed by atoms with Gasteiger partial charge in [0.05, 0.1) is 5.75 Å². The molecule has 0 fully saturated rings. The Balaban J connectivity index is 2.52. The molecule has 0 saturated heterocycles. The van der Waals surface area contributed by atoms with Crippen molar-refractivity contribution in [3.05, 3.63) is 35.4 Å². The summed E-state index contributed by atoms with van der Waals surface area (Å²) in [5.41, 5.74) is 1.80. The fraction of sp³-hybridized carbons (Fsp3) is 0.500. The fourth-order valence-corrected chi connectivity index (χ4v) is 2.95. The van der Waals surface area contributed by atoms with Crippen LogP contribution >= 0.6 is 0 Å². The first-order chi connectivity index (χ1) is 8.93. The first kappa shape index (κ1) is 15.7. The summed E-state index contributed by atoms with van der Waals surface area (Å²) in [6, 6.07) is 7.29. The Morgan fingerprint density at radius 1 is 1.21 bits per heavy atom. The van der Waals surface area contributed by atoms with Crippen LogP contribution in [0.1, 0.15) is 30.9 Å².